The van der Waals surface area contributed by atoms with E-state index in [0.29, 0.717) is 36.3 Å². The number of hydrogen-bond donors (Lipinski definition) is 0. The lowest BCUT2D eigenvalue weighted by atomic mass is 10.1. The van der Waals surface area contributed by atoms with Gasteiger partial charge < -0.3 is 14.3 Å². The molecule has 2 rings (SSSR count). The van der Waals surface area contributed by atoms with Crippen molar-refractivity contribution in [3.8, 4) is 5.75 Å². The number of rotatable bonds is 3. The molecule has 1 aliphatic heterocycles. The van der Waals surface area contributed by atoms with Gasteiger partial charge in [0.05, 0.1) is 6.61 Å². The third-order valence-corrected chi connectivity index (χ3v) is 2.32. The Kier molecular flexibility index (Phi) is 2.97. The number of aryl methyl sites for hydroxylation is 1. The van der Waals surface area contributed by atoms with Crippen molar-refractivity contribution in [2.45, 2.75) is 19.4 Å². The van der Waals surface area contributed by atoms with E-state index < -0.39 is 0 Å². The standard InChI is InChI=1S/C11H11FO3/c12-10-4-9-6-14-7-15-11(9)5-8(10)2-1-3-13/h3-5H,1-2,6-7H2. The Morgan fingerprint density at radius 1 is 1.47 bits per heavy atom. The lowest BCUT2D eigenvalue weighted by molar-refractivity contribution is -0.107. The van der Waals surface area contributed by atoms with E-state index in [1.807, 2.05) is 0 Å². The van der Waals surface area contributed by atoms with Gasteiger partial charge in [0.2, 0.25) is 0 Å². The normalized spacial score (nSPS) is 14.2. The molecule has 0 saturated heterocycles. The molecule has 0 radical (unpaired) electrons. The van der Waals surface area contributed by atoms with Crippen molar-refractivity contribution in [3.63, 3.8) is 0 Å². The molecule has 0 unspecified atom stereocenters. The van der Waals surface area contributed by atoms with Crippen LogP contribution in [0.15, 0.2) is 12.1 Å². The van der Waals surface area contributed by atoms with Gasteiger partial charge in [0, 0.05) is 12.0 Å². The van der Waals surface area contributed by atoms with Gasteiger partial charge >= 0.3 is 0 Å². The monoisotopic (exact) mass is 210 g/mol. The highest BCUT2D eigenvalue weighted by Gasteiger charge is 2.14. The maximum atomic E-state index is 13.5. The Balaban J connectivity index is 2.27. The SMILES string of the molecule is O=CCCc1cc2c(cc1F)COCO2. The van der Waals surface area contributed by atoms with Crippen molar-refractivity contribution >= 4 is 6.29 Å². The first-order valence-electron chi connectivity index (χ1n) is 4.76. The van der Waals surface area contributed by atoms with Crippen molar-refractivity contribution in [1.29, 1.82) is 0 Å². The Hall–Kier alpha value is -1.42. The zero-order valence-corrected chi connectivity index (χ0v) is 8.16. The van der Waals surface area contributed by atoms with Crippen LogP contribution >= 0.6 is 0 Å². The second-order valence-corrected chi connectivity index (χ2v) is 3.37. The van der Waals surface area contributed by atoms with Gasteiger partial charge in [-0.2, -0.15) is 0 Å². The quantitative estimate of drug-likeness (QED) is 0.714. The zero-order valence-electron chi connectivity index (χ0n) is 8.16. The molecule has 0 aliphatic carbocycles. The summed E-state index contributed by atoms with van der Waals surface area (Å²) in [6.45, 7) is 0.575. The Morgan fingerprint density at radius 3 is 3.13 bits per heavy atom. The van der Waals surface area contributed by atoms with Gasteiger partial charge in [0.25, 0.3) is 0 Å². The molecule has 3 nitrogen and oxygen atoms in total. The number of carbonyl (C=O) groups excluding carboxylic acids is 1. The van der Waals surface area contributed by atoms with Crippen molar-refractivity contribution in [3.05, 3.63) is 29.1 Å². The molecular weight excluding hydrogens is 199 g/mol. The van der Waals surface area contributed by atoms with Gasteiger partial charge in [-0.1, -0.05) is 0 Å². The molecule has 1 aliphatic rings. The van der Waals surface area contributed by atoms with Crippen molar-refractivity contribution in [2.24, 2.45) is 0 Å². The maximum Gasteiger partial charge on any atom is 0.189 e. The van der Waals surface area contributed by atoms with Crippen LogP contribution in [0, 0.1) is 5.82 Å². The molecule has 0 amide bonds. The van der Waals surface area contributed by atoms with Gasteiger partial charge in [-0.05, 0) is 24.1 Å². The molecule has 0 N–H and O–H groups in total. The van der Waals surface area contributed by atoms with Crippen LogP contribution in [0.4, 0.5) is 4.39 Å². The number of carbonyl (C=O) groups is 1. The summed E-state index contributed by atoms with van der Waals surface area (Å²) in [6, 6.07) is 3.06. The van der Waals surface area contributed by atoms with E-state index in [-0.39, 0.29) is 12.6 Å². The molecule has 0 fully saturated rings. The van der Waals surface area contributed by atoms with Gasteiger partial charge in [-0.15, -0.1) is 0 Å². The molecule has 0 atom stereocenters. The highest BCUT2D eigenvalue weighted by molar-refractivity contribution is 5.50. The van der Waals surface area contributed by atoms with E-state index in [1.54, 1.807) is 6.07 Å². The van der Waals surface area contributed by atoms with E-state index in [0.717, 1.165) is 6.29 Å². The fourth-order valence-corrected chi connectivity index (χ4v) is 1.55. The van der Waals surface area contributed by atoms with Crippen LogP contribution in [0.25, 0.3) is 0 Å². The highest BCUT2D eigenvalue weighted by atomic mass is 19.1. The fourth-order valence-electron chi connectivity index (χ4n) is 1.55. The summed E-state index contributed by atoms with van der Waals surface area (Å²) in [5.74, 6) is 0.355. The lowest BCUT2D eigenvalue weighted by Crippen LogP contribution is -2.12. The number of aldehydes is 1. The van der Waals surface area contributed by atoms with Crippen LogP contribution in [-0.4, -0.2) is 13.1 Å². The van der Waals surface area contributed by atoms with Gasteiger partial charge in [0.15, 0.2) is 6.79 Å². The Morgan fingerprint density at radius 2 is 2.33 bits per heavy atom. The highest BCUT2D eigenvalue weighted by Crippen LogP contribution is 2.27. The molecule has 0 aromatic heterocycles. The molecular formula is C11H11FO3. The number of hydrogen-bond acceptors (Lipinski definition) is 3. The molecule has 0 saturated carbocycles. The average molecular weight is 210 g/mol. The van der Waals surface area contributed by atoms with Crippen LogP contribution in [0.3, 0.4) is 0 Å². The van der Waals surface area contributed by atoms with Crippen molar-refractivity contribution in [2.75, 3.05) is 6.79 Å². The minimum Gasteiger partial charge on any atom is -0.467 e. The Labute approximate surface area is 86.8 Å². The summed E-state index contributed by atoms with van der Waals surface area (Å²) in [7, 11) is 0. The molecule has 15 heavy (non-hydrogen) atoms. The summed E-state index contributed by atoms with van der Waals surface area (Å²) in [5.41, 5.74) is 1.23. The van der Waals surface area contributed by atoms with Crippen LogP contribution in [0.2, 0.25) is 0 Å². The summed E-state index contributed by atoms with van der Waals surface area (Å²) in [4.78, 5) is 10.2. The van der Waals surface area contributed by atoms with Crippen LogP contribution in [0.1, 0.15) is 17.5 Å². The first-order chi connectivity index (χ1) is 7.31. The van der Waals surface area contributed by atoms with Gasteiger partial charge in [-0.3, -0.25) is 0 Å². The van der Waals surface area contributed by atoms with Crippen LogP contribution in [0.5, 0.6) is 5.75 Å². The van der Waals surface area contributed by atoms with E-state index in [2.05, 4.69) is 0 Å². The molecule has 4 heteroatoms. The van der Waals surface area contributed by atoms with E-state index >= 15 is 0 Å². The fraction of sp³-hybridized carbons (Fsp3) is 0.364. The molecule has 1 aromatic carbocycles. The smallest absolute Gasteiger partial charge is 0.189 e. The second-order valence-electron chi connectivity index (χ2n) is 3.37. The number of fused-ring (bicyclic) bond motifs is 1. The van der Waals surface area contributed by atoms with E-state index in [4.69, 9.17) is 9.47 Å². The van der Waals surface area contributed by atoms with Gasteiger partial charge in [0.1, 0.15) is 17.9 Å². The zero-order chi connectivity index (χ0) is 10.7. The summed E-state index contributed by atoms with van der Waals surface area (Å²) in [5, 5.41) is 0. The van der Waals surface area contributed by atoms with E-state index in [9.17, 15) is 9.18 Å². The number of benzene rings is 1. The van der Waals surface area contributed by atoms with Crippen molar-refractivity contribution in [1.82, 2.24) is 0 Å². The molecule has 0 spiro atoms. The summed E-state index contributed by atoms with van der Waals surface area (Å²) >= 11 is 0. The van der Waals surface area contributed by atoms with E-state index in [1.165, 1.54) is 6.07 Å². The molecule has 80 valence electrons. The second kappa shape index (κ2) is 4.40. The predicted octanol–water partition coefficient (Wildman–Crippen LogP) is 1.82. The maximum absolute atomic E-state index is 13.5. The molecule has 1 heterocycles. The average Bonchev–Trinajstić information content (AvgIpc) is 2.26. The topological polar surface area (TPSA) is 35.5 Å². The summed E-state index contributed by atoms with van der Waals surface area (Å²) in [6.07, 6.45) is 1.52. The minimum absolute atomic E-state index is 0.200. The van der Waals surface area contributed by atoms with Crippen molar-refractivity contribution < 1.29 is 18.7 Å². The largest absolute Gasteiger partial charge is 0.467 e. The molecule has 1 aromatic rings. The third kappa shape index (κ3) is 2.15. The minimum atomic E-state index is -0.301. The lowest BCUT2D eigenvalue weighted by Gasteiger charge is -2.18. The Bertz CT molecular complexity index is 376. The van der Waals surface area contributed by atoms with Crippen LogP contribution < -0.4 is 4.74 Å². The third-order valence-electron chi connectivity index (χ3n) is 2.32. The first-order valence-corrected chi connectivity index (χ1v) is 4.76. The predicted molar refractivity (Wildman–Crippen MR) is 51.1 cm³/mol. The summed E-state index contributed by atoms with van der Waals surface area (Å²) < 4.78 is 23.7. The van der Waals surface area contributed by atoms with Gasteiger partial charge in [-0.25, -0.2) is 4.39 Å². The number of ether oxygens (including phenoxy) is 2. The first kappa shape index (κ1) is 10.1. The van der Waals surface area contributed by atoms with Crippen LogP contribution in [-0.2, 0) is 22.6 Å². The number of halogens is 1. The molecule has 0 bridgehead atoms.